The van der Waals surface area contributed by atoms with Gasteiger partial charge in [0.1, 0.15) is 11.5 Å². The Morgan fingerprint density at radius 3 is 2.58 bits per heavy atom. The molecule has 0 unspecified atom stereocenters. The van der Waals surface area contributed by atoms with Crippen LogP contribution in [0.25, 0.3) is 0 Å². The van der Waals surface area contributed by atoms with Gasteiger partial charge in [0.25, 0.3) is 0 Å². The molecule has 8 heteroatoms. The number of anilines is 1. The number of nitrogens with zero attached hydrogens (tertiary/aromatic N) is 1. The molecule has 1 heterocycles. The van der Waals surface area contributed by atoms with Crippen LogP contribution in [0.4, 0.5) is 10.5 Å². The lowest BCUT2D eigenvalue weighted by atomic mass is 10.2. The molecule has 0 radical (unpaired) electrons. The molecule has 24 heavy (non-hydrogen) atoms. The summed E-state index contributed by atoms with van der Waals surface area (Å²) >= 11 is 6.08. The van der Waals surface area contributed by atoms with Gasteiger partial charge >= 0.3 is 6.03 Å². The maximum atomic E-state index is 12.1. The van der Waals surface area contributed by atoms with Crippen LogP contribution in [-0.4, -0.2) is 32.3 Å². The maximum Gasteiger partial charge on any atom is 0.319 e. The second kappa shape index (κ2) is 8.26. The summed E-state index contributed by atoms with van der Waals surface area (Å²) in [5.41, 5.74) is 1.19. The number of rotatable bonds is 6. The third kappa shape index (κ3) is 4.20. The first kappa shape index (κ1) is 17.7. The molecule has 1 aromatic heterocycles. The molecule has 0 saturated heterocycles. The Labute approximate surface area is 144 Å². The van der Waals surface area contributed by atoms with Crippen LogP contribution >= 0.6 is 11.6 Å². The van der Waals surface area contributed by atoms with E-state index in [1.54, 1.807) is 24.4 Å². The van der Waals surface area contributed by atoms with Crippen molar-refractivity contribution in [3.63, 3.8) is 0 Å². The molecular weight excluding hydrogens is 334 g/mol. The van der Waals surface area contributed by atoms with Gasteiger partial charge in [-0.1, -0.05) is 17.7 Å². The minimum absolute atomic E-state index is 0.259. The van der Waals surface area contributed by atoms with Gasteiger partial charge < -0.3 is 24.8 Å². The number of benzene rings is 1. The molecule has 2 amide bonds. The lowest BCUT2D eigenvalue weighted by Gasteiger charge is -2.14. The summed E-state index contributed by atoms with van der Waals surface area (Å²) in [5.74, 6) is 1.35. The molecule has 128 valence electrons. The Balaban J connectivity index is 2.06. The average Bonchev–Trinajstić information content (AvgIpc) is 2.60. The van der Waals surface area contributed by atoms with Gasteiger partial charge in [-0.25, -0.2) is 9.78 Å². The van der Waals surface area contributed by atoms with Crippen molar-refractivity contribution < 1.29 is 19.0 Å². The number of carbonyl (C=O) groups is 1. The smallest absolute Gasteiger partial charge is 0.319 e. The summed E-state index contributed by atoms with van der Waals surface area (Å²) in [5, 5.41) is 5.77. The number of carbonyl (C=O) groups excluding carboxylic acids is 1. The highest BCUT2D eigenvalue weighted by molar-refractivity contribution is 6.32. The number of hydrogen-bond donors (Lipinski definition) is 2. The first-order valence-electron chi connectivity index (χ1n) is 7.03. The van der Waals surface area contributed by atoms with Crippen LogP contribution in [0.1, 0.15) is 5.56 Å². The zero-order valence-electron chi connectivity index (χ0n) is 13.6. The van der Waals surface area contributed by atoms with Crippen molar-refractivity contribution in [3.05, 3.63) is 41.0 Å². The van der Waals surface area contributed by atoms with Crippen molar-refractivity contribution in [2.45, 2.75) is 6.54 Å². The van der Waals surface area contributed by atoms with Crippen molar-refractivity contribution in [2.75, 3.05) is 26.6 Å². The lowest BCUT2D eigenvalue weighted by molar-refractivity contribution is 0.251. The van der Waals surface area contributed by atoms with E-state index in [1.165, 1.54) is 21.3 Å². The van der Waals surface area contributed by atoms with E-state index in [9.17, 15) is 4.79 Å². The second-order valence-corrected chi connectivity index (χ2v) is 5.07. The Morgan fingerprint density at radius 2 is 1.92 bits per heavy atom. The predicted molar refractivity (Wildman–Crippen MR) is 91.2 cm³/mol. The molecule has 0 saturated carbocycles. The molecule has 7 nitrogen and oxygen atoms in total. The van der Waals surface area contributed by atoms with Gasteiger partial charge in [0, 0.05) is 24.4 Å². The molecule has 0 aliphatic rings. The SMILES string of the molecule is COc1cc(OC)c(NC(=O)NCc2cccnc2OC)cc1Cl. The van der Waals surface area contributed by atoms with Gasteiger partial charge in [-0.3, -0.25) is 0 Å². The average molecular weight is 352 g/mol. The van der Waals surface area contributed by atoms with E-state index in [0.717, 1.165) is 5.56 Å². The van der Waals surface area contributed by atoms with Crippen LogP contribution in [0.5, 0.6) is 17.4 Å². The van der Waals surface area contributed by atoms with E-state index in [2.05, 4.69) is 15.6 Å². The first-order valence-corrected chi connectivity index (χ1v) is 7.41. The van der Waals surface area contributed by atoms with Gasteiger partial charge in [-0.15, -0.1) is 0 Å². The third-order valence-corrected chi connectivity index (χ3v) is 3.50. The van der Waals surface area contributed by atoms with Crippen LogP contribution in [0.3, 0.4) is 0 Å². The number of amides is 2. The van der Waals surface area contributed by atoms with Crippen molar-refractivity contribution >= 4 is 23.3 Å². The lowest BCUT2D eigenvalue weighted by Crippen LogP contribution is -2.28. The Morgan fingerprint density at radius 1 is 1.17 bits per heavy atom. The molecular formula is C16H18ClN3O4. The minimum Gasteiger partial charge on any atom is -0.495 e. The number of halogens is 1. The number of ether oxygens (including phenoxy) is 3. The largest absolute Gasteiger partial charge is 0.495 e. The third-order valence-electron chi connectivity index (χ3n) is 3.20. The summed E-state index contributed by atoms with van der Waals surface area (Å²) in [4.78, 5) is 16.2. The quantitative estimate of drug-likeness (QED) is 0.835. The highest BCUT2D eigenvalue weighted by atomic mass is 35.5. The Hall–Kier alpha value is -2.67. The summed E-state index contributed by atoms with van der Waals surface area (Å²) in [6.07, 6.45) is 1.62. The summed E-state index contributed by atoms with van der Waals surface area (Å²) in [6, 6.07) is 6.33. The van der Waals surface area contributed by atoms with Crippen LogP contribution in [-0.2, 0) is 6.54 Å². The van der Waals surface area contributed by atoms with Crippen molar-refractivity contribution in [2.24, 2.45) is 0 Å². The molecule has 2 aromatic rings. The number of methoxy groups -OCH3 is 3. The highest BCUT2D eigenvalue weighted by Crippen LogP contribution is 2.35. The molecule has 2 N–H and O–H groups in total. The van der Waals surface area contributed by atoms with Gasteiger partial charge in [-0.05, 0) is 12.1 Å². The van der Waals surface area contributed by atoms with E-state index in [4.69, 9.17) is 25.8 Å². The molecule has 0 bridgehead atoms. The van der Waals surface area contributed by atoms with E-state index in [0.29, 0.717) is 28.1 Å². The number of hydrogen-bond acceptors (Lipinski definition) is 5. The zero-order valence-corrected chi connectivity index (χ0v) is 14.3. The summed E-state index contributed by atoms with van der Waals surface area (Å²) in [6.45, 7) is 0.259. The predicted octanol–water partition coefficient (Wildman–Crippen LogP) is 3.08. The first-order chi connectivity index (χ1) is 11.6. The fourth-order valence-electron chi connectivity index (χ4n) is 2.04. The van der Waals surface area contributed by atoms with Crippen molar-refractivity contribution in [3.8, 4) is 17.4 Å². The van der Waals surface area contributed by atoms with Gasteiger partial charge in [0.15, 0.2) is 0 Å². The standard InChI is InChI=1S/C16H18ClN3O4/c1-22-13-8-14(23-2)12(7-11(13)17)20-16(21)19-9-10-5-4-6-18-15(10)24-3/h4-8H,9H2,1-3H3,(H2,19,20,21). The summed E-state index contributed by atoms with van der Waals surface area (Å²) < 4.78 is 15.5. The highest BCUT2D eigenvalue weighted by Gasteiger charge is 2.13. The van der Waals surface area contributed by atoms with Gasteiger partial charge in [-0.2, -0.15) is 0 Å². The second-order valence-electron chi connectivity index (χ2n) is 4.67. The monoisotopic (exact) mass is 351 g/mol. The number of urea groups is 1. The molecule has 0 fully saturated rings. The van der Waals surface area contributed by atoms with E-state index >= 15 is 0 Å². The van der Waals surface area contributed by atoms with E-state index < -0.39 is 6.03 Å². The normalized spacial score (nSPS) is 10.0. The molecule has 1 aromatic carbocycles. The van der Waals surface area contributed by atoms with Crippen LogP contribution in [0.15, 0.2) is 30.5 Å². The zero-order chi connectivity index (χ0) is 17.5. The molecule has 0 aliphatic heterocycles. The molecule has 2 rings (SSSR count). The van der Waals surface area contributed by atoms with E-state index in [-0.39, 0.29) is 6.54 Å². The maximum absolute atomic E-state index is 12.1. The number of nitrogens with one attached hydrogen (secondary N) is 2. The van der Waals surface area contributed by atoms with Crippen molar-refractivity contribution in [1.82, 2.24) is 10.3 Å². The van der Waals surface area contributed by atoms with Crippen LogP contribution in [0.2, 0.25) is 5.02 Å². The fraction of sp³-hybridized carbons (Fsp3) is 0.250. The Bertz CT molecular complexity index is 724. The van der Waals surface area contributed by atoms with Crippen molar-refractivity contribution in [1.29, 1.82) is 0 Å². The van der Waals surface area contributed by atoms with Gasteiger partial charge in [0.05, 0.1) is 32.0 Å². The van der Waals surface area contributed by atoms with Crippen LogP contribution < -0.4 is 24.8 Å². The molecule has 0 atom stereocenters. The van der Waals surface area contributed by atoms with E-state index in [1.807, 2.05) is 6.07 Å². The Kier molecular flexibility index (Phi) is 6.08. The van der Waals surface area contributed by atoms with Crippen LogP contribution in [0, 0.1) is 0 Å². The fourth-order valence-corrected chi connectivity index (χ4v) is 2.28. The summed E-state index contributed by atoms with van der Waals surface area (Å²) in [7, 11) is 4.52. The molecule has 0 spiro atoms. The number of pyridine rings is 1. The topological polar surface area (TPSA) is 81.7 Å². The van der Waals surface area contributed by atoms with Gasteiger partial charge in [0.2, 0.25) is 5.88 Å². The minimum atomic E-state index is -0.416. The molecule has 0 aliphatic carbocycles. The number of aromatic nitrogens is 1.